The van der Waals surface area contributed by atoms with E-state index >= 15 is 0 Å². The van der Waals surface area contributed by atoms with Crippen LogP contribution in [0.25, 0.3) is 22.2 Å². The third-order valence-corrected chi connectivity index (χ3v) is 8.94. The molecule has 1 atom stereocenters. The monoisotopic (exact) mass is 527 g/mol. The fourth-order valence-corrected chi connectivity index (χ4v) is 6.26. The molecule has 2 aliphatic rings. The maximum Gasteiger partial charge on any atom is 0.264 e. The van der Waals surface area contributed by atoms with Crippen LogP contribution in [0.5, 0.6) is 0 Å². The van der Waals surface area contributed by atoms with E-state index in [2.05, 4.69) is 9.88 Å². The standard InChI is InChI=1S/C26H33N5O5S/c1-29-18-27-23-15-22(28-25(24(23)26(29)33)31-9-7-19(16-31)17-32)20-3-5-21(6-4-20)37(34,35)14-11-30-8-2-12-36-13-10-30/h3-6,15,18-19,32H,2,7-14,16-17H2,1H3. The average molecular weight is 528 g/mol. The van der Waals surface area contributed by atoms with Crippen LogP contribution in [0.1, 0.15) is 12.8 Å². The van der Waals surface area contributed by atoms with Crippen LogP contribution in [-0.4, -0.2) is 91.3 Å². The zero-order valence-electron chi connectivity index (χ0n) is 21.0. The number of anilines is 1. The molecule has 0 amide bonds. The predicted octanol–water partition coefficient (Wildman–Crippen LogP) is 1.31. The molecule has 1 N–H and O–H groups in total. The summed E-state index contributed by atoms with van der Waals surface area (Å²) < 4.78 is 32.9. The van der Waals surface area contributed by atoms with E-state index in [0.717, 1.165) is 38.1 Å². The minimum absolute atomic E-state index is 0.0545. The Hall–Kier alpha value is -2.86. The molecule has 3 aromatic rings. The van der Waals surface area contributed by atoms with E-state index in [0.29, 0.717) is 48.7 Å². The molecule has 198 valence electrons. The fraction of sp³-hybridized carbons (Fsp3) is 0.500. The average Bonchev–Trinajstić information content (AvgIpc) is 3.24. The SMILES string of the molecule is Cn1cnc2cc(-c3ccc(S(=O)(=O)CCN4CCCOCC4)cc3)nc(N3CCC(CO)C3)c2c1=O. The van der Waals surface area contributed by atoms with Gasteiger partial charge >= 0.3 is 0 Å². The Bertz CT molecular complexity index is 1420. The van der Waals surface area contributed by atoms with Crippen LogP contribution in [0.2, 0.25) is 0 Å². The number of rotatable bonds is 7. The minimum Gasteiger partial charge on any atom is -0.396 e. The lowest BCUT2D eigenvalue weighted by molar-refractivity contribution is 0.142. The van der Waals surface area contributed by atoms with Gasteiger partial charge in [0.2, 0.25) is 0 Å². The van der Waals surface area contributed by atoms with Gasteiger partial charge < -0.3 is 19.3 Å². The number of aliphatic hydroxyl groups is 1. The number of sulfone groups is 1. The Labute approximate surface area is 216 Å². The molecule has 2 aliphatic heterocycles. The lowest BCUT2D eigenvalue weighted by atomic mass is 10.1. The minimum atomic E-state index is -3.44. The molecule has 2 saturated heterocycles. The summed E-state index contributed by atoms with van der Waals surface area (Å²) in [5.74, 6) is 0.737. The van der Waals surface area contributed by atoms with Crippen LogP contribution in [0.3, 0.4) is 0 Å². The molecule has 1 aromatic carbocycles. The van der Waals surface area contributed by atoms with E-state index in [1.54, 1.807) is 37.4 Å². The van der Waals surface area contributed by atoms with Gasteiger partial charge in [-0.05, 0) is 31.0 Å². The predicted molar refractivity (Wildman–Crippen MR) is 142 cm³/mol. The molecular formula is C26H33N5O5S. The Kier molecular flexibility index (Phi) is 7.57. The molecule has 37 heavy (non-hydrogen) atoms. The van der Waals surface area contributed by atoms with Crippen LogP contribution < -0.4 is 10.5 Å². The third kappa shape index (κ3) is 5.54. The van der Waals surface area contributed by atoms with Gasteiger partial charge in [-0.1, -0.05) is 12.1 Å². The normalized spacial score (nSPS) is 19.4. The molecule has 0 spiro atoms. The van der Waals surface area contributed by atoms with Crippen molar-refractivity contribution in [1.82, 2.24) is 19.4 Å². The summed E-state index contributed by atoms with van der Waals surface area (Å²) in [5, 5.41) is 10.1. The number of nitrogens with zero attached hydrogens (tertiary/aromatic N) is 5. The molecule has 4 heterocycles. The second-order valence-corrected chi connectivity index (χ2v) is 11.9. The van der Waals surface area contributed by atoms with Crippen molar-refractivity contribution in [3.05, 3.63) is 47.0 Å². The van der Waals surface area contributed by atoms with Crippen molar-refractivity contribution in [3.8, 4) is 11.3 Å². The summed E-state index contributed by atoms with van der Waals surface area (Å²) >= 11 is 0. The fourth-order valence-electron chi connectivity index (χ4n) is 4.98. The molecule has 2 fully saturated rings. The van der Waals surface area contributed by atoms with Crippen molar-refractivity contribution in [2.45, 2.75) is 17.7 Å². The highest BCUT2D eigenvalue weighted by Gasteiger charge is 2.26. The van der Waals surface area contributed by atoms with Crippen molar-refractivity contribution < 1.29 is 18.3 Å². The zero-order chi connectivity index (χ0) is 26.0. The largest absolute Gasteiger partial charge is 0.396 e. The van der Waals surface area contributed by atoms with E-state index in [1.165, 1.54) is 10.9 Å². The van der Waals surface area contributed by atoms with Crippen molar-refractivity contribution in [3.63, 3.8) is 0 Å². The number of aryl methyl sites for hydroxylation is 1. The van der Waals surface area contributed by atoms with Crippen LogP contribution in [0.4, 0.5) is 5.82 Å². The van der Waals surface area contributed by atoms with Gasteiger partial charge in [-0.15, -0.1) is 0 Å². The topological polar surface area (TPSA) is 118 Å². The summed E-state index contributed by atoms with van der Waals surface area (Å²) in [6, 6.07) is 8.52. The quantitative estimate of drug-likeness (QED) is 0.485. The summed E-state index contributed by atoms with van der Waals surface area (Å²) in [6.45, 7) is 4.82. The first-order valence-electron chi connectivity index (χ1n) is 12.7. The number of aromatic nitrogens is 3. The molecule has 0 bridgehead atoms. The second-order valence-electron chi connectivity index (χ2n) is 9.82. The Morgan fingerprint density at radius 2 is 1.95 bits per heavy atom. The first kappa shape index (κ1) is 25.8. The Balaban J connectivity index is 1.43. The lowest BCUT2D eigenvalue weighted by Gasteiger charge is -2.20. The lowest BCUT2D eigenvalue weighted by Crippen LogP contribution is -2.31. The summed E-state index contributed by atoms with van der Waals surface area (Å²) in [7, 11) is -1.78. The van der Waals surface area contributed by atoms with Crippen LogP contribution in [-0.2, 0) is 21.6 Å². The van der Waals surface area contributed by atoms with Gasteiger partial charge in [-0.3, -0.25) is 9.69 Å². The summed E-state index contributed by atoms with van der Waals surface area (Å²) in [5.41, 5.74) is 1.72. The summed E-state index contributed by atoms with van der Waals surface area (Å²) in [6.07, 6.45) is 3.22. The van der Waals surface area contributed by atoms with E-state index in [4.69, 9.17) is 9.72 Å². The zero-order valence-corrected chi connectivity index (χ0v) is 21.9. The third-order valence-electron chi connectivity index (χ3n) is 7.23. The van der Waals surface area contributed by atoms with Crippen molar-refractivity contribution in [2.24, 2.45) is 13.0 Å². The number of hydrogen-bond acceptors (Lipinski definition) is 9. The van der Waals surface area contributed by atoms with Crippen LogP contribution in [0.15, 0.2) is 46.3 Å². The smallest absolute Gasteiger partial charge is 0.264 e. The van der Waals surface area contributed by atoms with E-state index in [-0.39, 0.29) is 28.7 Å². The Morgan fingerprint density at radius 1 is 1.14 bits per heavy atom. The number of hydrogen-bond donors (Lipinski definition) is 1. The number of fused-ring (bicyclic) bond motifs is 1. The molecule has 5 rings (SSSR count). The van der Waals surface area contributed by atoms with Gasteiger partial charge in [0, 0.05) is 64.5 Å². The molecule has 2 aromatic heterocycles. The van der Waals surface area contributed by atoms with Gasteiger partial charge in [-0.25, -0.2) is 18.4 Å². The van der Waals surface area contributed by atoms with Crippen molar-refractivity contribution in [2.75, 3.05) is 63.2 Å². The maximum atomic E-state index is 13.0. The van der Waals surface area contributed by atoms with E-state index in [9.17, 15) is 18.3 Å². The van der Waals surface area contributed by atoms with Crippen LogP contribution >= 0.6 is 0 Å². The molecule has 0 aliphatic carbocycles. The van der Waals surface area contributed by atoms with Crippen molar-refractivity contribution >= 4 is 26.6 Å². The van der Waals surface area contributed by atoms with E-state index in [1.807, 2.05) is 4.90 Å². The van der Waals surface area contributed by atoms with Gasteiger partial charge in [0.25, 0.3) is 5.56 Å². The van der Waals surface area contributed by atoms with Crippen LogP contribution in [0, 0.1) is 5.92 Å². The highest BCUT2D eigenvalue weighted by molar-refractivity contribution is 7.91. The summed E-state index contributed by atoms with van der Waals surface area (Å²) in [4.78, 5) is 26.7. The first-order chi connectivity index (χ1) is 17.9. The van der Waals surface area contributed by atoms with E-state index < -0.39 is 9.84 Å². The van der Waals surface area contributed by atoms with Crippen molar-refractivity contribution in [1.29, 1.82) is 0 Å². The molecule has 1 unspecified atom stereocenters. The number of pyridine rings is 1. The molecule has 10 nitrogen and oxygen atoms in total. The Morgan fingerprint density at radius 3 is 2.70 bits per heavy atom. The highest BCUT2D eigenvalue weighted by atomic mass is 32.2. The van der Waals surface area contributed by atoms with Gasteiger partial charge in [0.15, 0.2) is 9.84 Å². The molecule has 11 heteroatoms. The maximum absolute atomic E-state index is 13.0. The second kappa shape index (κ2) is 10.9. The number of aliphatic hydroxyl groups excluding tert-OH is 1. The number of benzene rings is 1. The molecule has 0 saturated carbocycles. The molecular weight excluding hydrogens is 494 g/mol. The van der Waals surface area contributed by atoms with Gasteiger partial charge in [0.1, 0.15) is 11.2 Å². The van der Waals surface area contributed by atoms with Gasteiger partial charge in [-0.2, -0.15) is 0 Å². The van der Waals surface area contributed by atoms with Gasteiger partial charge in [0.05, 0.1) is 34.8 Å². The molecule has 0 radical (unpaired) electrons. The first-order valence-corrected chi connectivity index (χ1v) is 14.4. The highest BCUT2D eigenvalue weighted by Crippen LogP contribution is 2.31. The number of ether oxygens (including phenoxy) is 1.